The summed E-state index contributed by atoms with van der Waals surface area (Å²) in [5.41, 5.74) is 6.60. The van der Waals surface area contributed by atoms with Crippen LogP contribution in [0.15, 0.2) is 60.8 Å². The van der Waals surface area contributed by atoms with Crippen molar-refractivity contribution in [2.75, 3.05) is 13.1 Å². The number of aryl methyl sites for hydroxylation is 1. The Morgan fingerprint density at radius 1 is 1.03 bits per heavy atom. The van der Waals surface area contributed by atoms with Gasteiger partial charge in [-0.1, -0.05) is 30.3 Å². The number of aromatic nitrogens is 1. The summed E-state index contributed by atoms with van der Waals surface area (Å²) in [5.74, 6) is 0.380. The zero-order chi connectivity index (χ0) is 26.7. The molecule has 0 aliphatic carbocycles. The minimum atomic E-state index is -4.72. The van der Waals surface area contributed by atoms with Gasteiger partial charge in [0.25, 0.3) is 0 Å². The van der Waals surface area contributed by atoms with E-state index >= 15 is 0 Å². The summed E-state index contributed by atoms with van der Waals surface area (Å²) < 4.78 is 41.3. The lowest BCUT2D eigenvalue weighted by molar-refractivity contribution is -0.274. The maximum Gasteiger partial charge on any atom is 0.573 e. The first-order chi connectivity index (χ1) is 18.3. The van der Waals surface area contributed by atoms with Crippen LogP contribution >= 0.6 is 0 Å². The van der Waals surface area contributed by atoms with Crippen LogP contribution in [0.5, 0.6) is 5.75 Å². The number of carbonyl (C=O) groups excluding carboxylic acids is 1. The minimum absolute atomic E-state index is 0.249. The highest BCUT2D eigenvalue weighted by molar-refractivity contribution is 5.66. The molecule has 0 spiro atoms. The Morgan fingerprint density at radius 3 is 2.45 bits per heavy atom. The number of aldehydes is 1. The summed E-state index contributed by atoms with van der Waals surface area (Å²) >= 11 is 0. The van der Waals surface area contributed by atoms with E-state index < -0.39 is 6.36 Å². The van der Waals surface area contributed by atoms with E-state index in [2.05, 4.69) is 44.6 Å². The van der Waals surface area contributed by atoms with E-state index in [0.29, 0.717) is 19.0 Å². The van der Waals surface area contributed by atoms with Crippen molar-refractivity contribution in [1.29, 1.82) is 0 Å². The Kier molecular flexibility index (Phi) is 7.81. The summed E-state index contributed by atoms with van der Waals surface area (Å²) in [6.45, 7) is 6.20. The third kappa shape index (κ3) is 6.42. The van der Waals surface area contributed by atoms with E-state index in [1.54, 1.807) is 12.1 Å². The van der Waals surface area contributed by atoms with Gasteiger partial charge in [-0.05, 0) is 97.3 Å². The van der Waals surface area contributed by atoms with Gasteiger partial charge >= 0.3 is 6.36 Å². The molecule has 1 fully saturated rings. The molecule has 2 aliphatic rings. The van der Waals surface area contributed by atoms with E-state index in [0.717, 1.165) is 67.6 Å². The first-order valence-corrected chi connectivity index (χ1v) is 13.1. The van der Waals surface area contributed by atoms with Gasteiger partial charge in [0.05, 0.1) is 11.7 Å². The zero-order valence-electron chi connectivity index (χ0n) is 21.5. The lowest BCUT2D eigenvalue weighted by atomic mass is 9.87. The molecule has 0 radical (unpaired) electrons. The van der Waals surface area contributed by atoms with Crippen LogP contribution in [-0.4, -0.2) is 40.5 Å². The molecule has 2 aliphatic heterocycles. The maximum atomic E-state index is 12.5. The molecule has 8 heteroatoms. The molecule has 1 saturated heterocycles. The average molecular weight is 524 g/mol. The molecule has 38 heavy (non-hydrogen) atoms. The first kappa shape index (κ1) is 26.4. The van der Waals surface area contributed by atoms with Crippen molar-refractivity contribution < 1.29 is 22.7 Å². The van der Waals surface area contributed by atoms with Crippen LogP contribution in [-0.2, 0) is 30.8 Å². The summed E-state index contributed by atoms with van der Waals surface area (Å²) in [7, 11) is 0. The van der Waals surface area contributed by atoms with Gasteiger partial charge in [0.15, 0.2) is 0 Å². The molecule has 3 heterocycles. The van der Waals surface area contributed by atoms with E-state index in [1.165, 1.54) is 23.3 Å². The van der Waals surface area contributed by atoms with Crippen molar-refractivity contribution in [1.82, 2.24) is 14.8 Å². The quantitative estimate of drug-likeness (QED) is 0.339. The maximum absolute atomic E-state index is 12.5. The Bertz CT molecular complexity index is 1240. The molecule has 5 rings (SSSR count). The first-order valence-electron chi connectivity index (χ1n) is 13.1. The van der Waals surface area contributed by atoms with Gasteiger partial charge in [0.2, 0.25) is 0 Å². The largest absolute Gasteiger partial charge is 0.573 e. The molecule has 5 nitrogen and oxygen atoms in total. The predicted molar refractivity (Wildman–Crippen MR) is 138 cm³/mol. The van der Waals surface area contributed by atoms with Crippen LogP contribution in [0, 0.1) is 12.8 Å². The third-order valence-corrected chi connectivity index (χ3v) is 7.61. The average Bonchev–Trinajstić information content (AvgIpc) is 3.23. The fraction of sp³-hybridized carbons (Fsp3) is 0.400. The van der Waals surface area contributed by atoms with E-state index in [-0.39, 0.29) is 11.8 Å². The number of alkyl halides is 3. The molecule has 0 saturated carbocycles. The smallest absolute Gasteiger partial charge is 0.406 e. The number of nitrogens with zero attached hydrogens (tertiary/aromatic N) is 3. The summed E-state index contributed by atoms with van der Waals surface area (Å²) in [4.78, 5) is 21.1. The van der Waals surface area contributed by atoms with Gasteiger partial charge < -0.3 is 9.53 Å². The number of benzene rings is 2. The van der Waals surface area contributed by atoms with Crippen molar-refractivity contribution in [3.63, 3.8) is 0 Å². The number of halogens is 3. The van der Waals surface area contributed by atoms with Gasteiger partial charge in [0.1, 0.15) is 12.0 Å². The highest BCUT2D eigenvalue weighted by atomic mass is 19.4. The van der Waals surface area contributed by atoms with E-state index in [1.807, 2.05) is 18.3 Å². The molecule has 3 aromatic rings. The molecular formula is C30H32F3N3O2. The number of piperidine rings is 1. The van der Waals surface area contributed by atoms with Gasteiger partial charge in [-0.2, -0.15) is 0 Å². The van der Waals surface area contributed by atoms with Crippen LogP contribution in [0.25, 0.3) is 0 Å². The Hall–Kier alpha value is -3.23. The van der Waals surface area contributed by atoms with Crippen molar-refractivity contribution in [3.8, 4) is 5.75 Å². The molecule has 200 valence electrons. The zero-order valence-corrected chi connectivity index (χ0v) is 21.5. The van der Waals surface area contributed by atoms with Crippen molar-refractivity contribution >= 4 is 6.29 Å². The monoisotopic (exact) mass is 523 g/mol. The molecular weight excluding hydrogens is 491 g/mol. The number of likely N-dealkylation sites (tertiary alicyclic amines) is 1. The van der Waals surface area contributed by atoms with Crippen molar-refractivity contribution in [3.05, 3.63) is 94.3 Å². The molecule has 1 unspecified atom stereocenters. The minimum Gasteiger partial charge on any atom is -0.406 e. The van der Waals surface area contributed by atoms with Gasteiger partial charge in [0, 0.05) is 25.8 Å². The molecule has 2 aromatic carbocycles. The van der Waals surface area contributed by atoms with Gasteiger partial charge in [-0.3, -0.25) is 14.8 Å². The molecule has 1 atom stereocenters. The van der Waals surface area contributed by atoms with E-state index in [4.69, 9.17) is 0 Å². The number of carbonyl (C=O) groups is 1. The van der Waals surface area contributed by atoms with Gasteiger partial charge in [-0.15, -0.1) is 13.2 Å². The standard InChI is InChI=1S/C30H32F3N3O2/c1-21-14-24(15-22-9-12-35(13-10-22)19-26-4-2-3-11-34-26)16-25-18-36(28(20-37)29(21)25)17-23-5-7-27(8-6-23)38-30(31,32)33/h2-8,11,14,16,20,22,28H,9-10,12-13,15,17-19H2,1H3. The fourth-order valence-electron chi connectivity index (χ4n) is 5.87. The van der Waals surface area contributed by atoms with Crippen LogP contribution in [0.1, 0.15) is 52.4 Å². The van der Waals surface area contributed by atoms with Crippen LogP contribution in [0.3, 0.4) is 0 Å². The van der Waals surface area contributed by atoms with Crippen LogP contribution in [0.2, 0.25) is 0 Å². The van der Waals surface area contributed by atoms with Crippen molar-refractivity contribution in [2.24, 2.45) is 5.92 Å². The molecule has 0 bridgehead atoms. The number of hydrogen-bond acceptors (Lipinski definition) is 5. The fourth-order valence-corrected chi connectivity index (χ4v) is 5.87. The van der Waals surface area contributed by atoms with E-state index in [9.17, 15) is 18.0 Å². The number of rotatable bonds is 8. The van der Waals surface area contributed by atoms with Crippen LogP contribution in [0.4, 0.5) is 13.2 Å². The SMILES string of the molecule is Cc1cc(CC2CCN(Cc3ccccn3)CC2)cc2c1C(C=O)N(Cc1ccc(OC(F)(F)F)cc1)C2. The number of ether oxygens (including phenoxy) is 1. The Labute approximate surface area is 221 Å². The number of pyridine rings is 1. The number of hydrogen-bond donors (Lipinski definition) is 0. The Balaban J connectivity index is 1.20. The highest BCUT2D eigenvalue weighted by Gasteiger charge is 2.33. The van der Waals surface area contributed by atoms with Crippen LogP contribution < -0.4 is 4.74 Å². The number of fused-ring (bicyclic) bond motifs is 1. The topological polar surface area (TPSA) is 45.7 Å². The molecule has 0 amide bonds. The van der Waals surface area contributed by atoms with Gasteiger partial charge in [-0.25, -0.2) is 0 Å². The second-order valence-electron chi connectivity index (χ2n) is 10.4. The predicted octanol–water partition coefficient (Wildman–Crippen LogP) is 6.00. The third-order valence-electron chi connectivity index (χ3n) is 7.61. The highest BCUT2D eigenvalue weighted by Crippen LogP contribution is 2.37. The summed E-state index contributed by atoms with van der Waals surface area (Å²) in [5, 5.41) is 0. The van der Waals surface area contributed by atoms with Crippen molar-refractivity contribution in [2.45, 2.75) is 58.2 Å². The Morgan fingerprint density at radius 2 is 1.79 bits per heavy atom. The summed E-state index contributed by atoms with van der Waals surface area (Å²) in [6, 6.07) is 16.0. The lowest BCUT2D eigenvalue weighted by Crippen LogP contribution is -2.34. The summed E-state index contributed by atoms with van der Waals surface area (Å²) in [6.07, 6.45) is 1.43. The molecule has 0 N–H and O–H groups in total. The molecule has 1 aromatic heterocycles. The normalized spacial score (nSPS) is 18.9. The lowest BCUT2D eigenvalue weighted by Gasteiger charge is -2.32. The second-order valence-corrected chi connectivity index (χ2v) is 10.4. The second kappa shape index (κ2) is 11.3.